The number of benzene rings is 1. The topological polar surface area (TPSA) is 58.3 Å². The number of para-hydroxylation sites is 2. The third kappa shape index (κ3) is 2.28. The third-order valence-corrected chi connectivity index (χ3v) is 3.97. The van der Waals surface area contributed by atoms with Crippen molar-refractivity contribution in [2.75, 3.05) is 35.7 Å². The monoisotopic (exact) mass is 283 g/mol. The standard InChI is InChI=1S/C16H21N5/c1-11(2)14-15(17)18-10-19-16(14)21-9-8-20(3)12-6-4-5-7-13(12)21/h4-7,10-11H,8-9H2,1-3H3,(H2,17,18,19). The van der Waals surface area contributed by atoms with E-state index in [0.29, 0.717) is 5.82 Å². The Hall–Kier alpha value is -2.30. The van der Waals surface area contributed by atoms with Crippen LogP contribution in [0.3, 0.4) is 0 Å². The van der Waals surface area contributed by atoms with Crippen LogP contribution in [0.15, 0.2) is 30.6 Å². The van der Waals surface area contributed by atoms with E-state index in [1.54, 1.807) is 6.33 Å². The smallest absolute Gasteiger partial charge is 0.142 e. The number of nitrogens with two attached hydrogens (primary N) is 1. The highest BCUT2D eigenvalue weighted by Gasteiger charge is 2.25. The van der Waals surface area contributed by atoms with Crippen molar-refractivity contribution in [1.82, 2.24) is 9.97 Å². The molecule has 0 amide bonds. The molecule has 0 atom stereocenters. The van der Waals surface area contributed by atoms with Crippen molar-refractivity contribution in [1.29, 1.82) is 0 Å². The van der Waals surface area contributed by atoms with Crippen LogP contribution in [0.1, 0.15) is 25.3 Å². The van der Waals surface area contributed by atoms with Crippen LogP contribution < -0.4 is 15.5 Å². The van der Waals surface area contributed by atoms with E-state index in [4.69, 9.17) is 5.73 Å². The van der Waals surface area contributed by atoms with Crippen LogP contribution in [0, 0.1) is 0 Å². The molecule has 1 aliphatic heterocycles. The Bertz CT molecular complexity index is 653. The van der Waals surface area contributed by atoms with Crippen LogP contribution >= 0.6 is 0 Å². The molecule has 0 saturated carbocycles. The van der Waals surface area contributed by atoms with Gasteiger partial charge in [-0.15, -0.1) is 0 Å². The molecule has 0 bridgehead atoms. The normalized spacial score (nSPS) is 14.5. The fourth-order valence-corrected chi connectivity index (χ4v) is 2.89. The SMILES string of the molecule is CC(C)c1c(N)ncnc1N1CCN(C)c2ccccc21. The van der Waals surface area contributed by atoms with Crippen LogP contribution in [-0.2, 0) is 0 Å². The molecule has 0 unspecified atom stereocenters. The second-order valence-corrected chi connectivity index (χ2v) is 5.71. The molecule has 2 N–H and O–H groups in total. The first-order valence-corrected chi connectivity index (χ1v) is 7.27. The van der Waals surface area contributed by atoms with Crippen molar-refractivity contribution in [3.05, 3.63) is 36.2 Å². The van der Waals surface area contributed by atoms with E-state index in [1.807, 2.05) is 0 Å². The van der Waals surface area contributed by atoms with E-state index in [0.717, 1.165) is 24.5 Å². The second kappa shape index (κ2) is 5.24. The molecule has 5 nitrogen and oxygen atoms in total. The Balaban J connectivity index is 2.15. The summed E-state index contributed by atoms with van der Waals surface area (Å²) in [5.41, 5.74) is 9.50. The first-order valence-electron chi connectivity index (χ1n) is 7.27. The Kier molecular flexibility index (Phi) is 3.41. The average Bonchev–Trinajstić information content (AvgIpc) is 2.47. The van der Waals surface area contributed by atoms with Gasteiger partial charge in [0.2, 0.25) is 0 Å². The molecule has 2 heterocycles. The first-order chi connectivity index (χ1) is 10.1. The minimum absolute atomic E-state index is 0.285. The summed E-state index contributed by atoms with van der Waals surface area (Å²) in [6.45, 7) is 6.10. The summed E-state index contributed by atoms with van der Waals surface area (Å²) in [4.78, 5) is 13.2. The minimum atomic E-state index is 0.285. The molecule has 1 aromatic heterocycles. The molecule has 0 aliphatic carbocycles. The fourth-order valence-electron chi connectivity index (χ4n) is 2.89. The predicted octanol–water partition coefficient (Wildman–Crippen LogP) is 2.77. The van der Waals surface area contributed by atoms with Crippen molar-refractivity contribution in [2.45, 2.75) is 19.8 Å². The van der Waals surface area contributed by atoms with Gasteiger partial charge in [-0.25, -0.2) is 9.97 Å². The number of nitrogens with zero attached hydrogens (tertiary/aromatic N) is 4. The fraction of sp³-hybridized carbons (Fsp3) is 0.375. The molecule has 0 saturated heterocycles. The van der Waals surface area contributed by atoms with Crippen LogP contribution in [-0.4, -0.2) is 30.1 Å². The lowest BCUT2D eigenvalue weighted by Gasteiger charge is -2.37. The molecule has 1 aromatic carbocycles. The Morgan fingerprint density at radius 1 is 1.10 bits per heavy atom. The van der Waals surface area contributed by atoms with Crippen LogP contribution in [0.2, 0.25) is 0 Å². The van der Waals surface area contributed by atoms with Crippen molar-refractivity contribution in [2.24, 2.45) is 0 Å². The summed E-state index contributed by atoms with van der Waals surface area (Å²) in [7, 11) is 2.12. The van der Waals surface area contributed by atoms with Crippen molar-refractivity contribution >= 4 is 23.0 Å². The molecular weight excluding hydrogens is 262 g/mol. The maximum Gasteiger partial charge on any atom is 0.142 e. The number of anilines is 4. The van der Waals surface area contributed by atoms with Gasteiger partial charge >= 0.3 is 0 Å². The largest absolute Gasteiger partial charge is 0.383 e. The number of rotatable bonds is 2. The van der Waals surface area contributed by atoms with Gasteiger partial charge in [0, 0.05) is 25.7 Å². The highest BCUT2D eigenvalue weighted by Crippen LogP contribution is 2.39. The molecular formula is C16H21N5. The van der Waals surface area contributed by atoms with E-state index >= 15 is 0 Å². The van der Waals surface area contributed by atoms with Crippen LogP contribution in [0.25, 0.3) is 0 Å². The van der Waals surface area contributed by atoms with Gasteiger partial charge in [0.25, 0.3) is 0 Å². The predicted molar refractivity (Wildman–Crippen MR) is 87.3 cm³/mol. The third-order valence-electron chi connectivity index (χ3n) is 3.97. The van der Waals surface area contributed by atoms with Crippen LogP contribution in [0.4, 0.5) is 23.0 Å². The lowest BCUT2D eigenvalue weighted by molar-refractivity contribution is 0.786. The summed E-state index contributed by atoms with van der Waals surface area (Å²) in [6.07, 6.45) is 1.55. The van der Waals surface area contributed by atoms with Gasteiger partial charge < -0.3 is 15.5 Å². The summed E-state index contributed by atoms with van der Waals surface area (Å²) in [5, 5.41) is 0. The Morgan fingerprint density at radius 3 is 2.52 bits per heavy atom. The molecule has 21 heavy (non-hydrogen) atoms. The number of likely N-dealkylation sites (N-methyl/N-ethyl adjacent to an activating group) is 1. The molecule has 0 spiro atoms. The second-order valence-electron chi connectivity index (χ2n) is 5.71. The average molecular weight is 283 g/mol. The molecule has 5 heteroatoms. The van der Waals surface area contributed by atoms with E-state index in [1.165, 1.54) is 11.4 Å². The molecule has 1 aliphatic rings. The van der Waals surface area contributed by atoms with E-state index in [-0.39, 0.29) is 5.92 Å². The zero-order valence-corrected chi connectivity index (χ0v) is 12.7. The number of hydrogen-bond donors (Lipinski definition) is 1. The number of fused-ring (bicyclic) bond motifs is 1. The summed E-state index contributed by atoms with van der Waals surface area (Å²) >= 11 is 0. The highest BCUT2D eigenvalue weighted by molar-refractivity contribution is 5.80. The summed E-state index contributed by atoms with van der Waals surface area (Å²) < 4.78 is 0. The molecule has 110 valence electrons. The molecule has 2 aromatic rings. The highest BCUT2D eigenvalue weighted by atomic mass is 15.3. The lowest BCUT2D eigenvalue weighted by atomic mass is 10.0. The Labute approximate surface area is 125 Å². The summed E-state index contributed by atoms with van der Waals surface area (Å²) in [6, 6.07) is 8.40. The molecule has 0 fully saturated rings. The van der Waals surface area contributed by atoms with Gasteiger partial charge in [-0.2, -0.15) is 0 Å². The first kappa shape index (κ1) is 13.7. The molecule has 0 radical (unpaired) electrons. The summed E-state index contributed by atoms with van der Waals surface area (Å²) in [5.74, 6) is 1.79. The van der Waals surface area contributed by atoms with Gasteiger partial charge in [0.15, 0.2) is 0 Å². The van der Waals surface area contributed by atoms with Gasteiger partial charge in [-0.05, 0) is 18.1 Å². The zero-order valence-electron chi connectivity index (χ0n) is 12.7. The van der Waals surface area contributed by atoms with Crippen LogP contribution in [0.5, 0.6) is 0 Å². The lowest BCUT2D eigenvalue weighted by Crippen LogP contribution is -2.37. The number of aromatic nitrogens is 2. The minimum Gasteiger partial charge on any atom is -0.383 e. The maximum atomic E-state index is 6.09. The van der Waals surface area contributed by atoms with Gasteiger partial charge in [-0.3, -0.25) is 0 Å². The maximum absolute atomic E-state index is 6.09. The van der Waals surface area contributed by atoms with Crippen molar-refractivity contribution in [3.63, 3.8) is 0 Å². The zero-order chi connectivity index (χ0) is 15.0. The van der Waals surface area contributed by atoms with E-state index < -0.39 is 0 Å². The van der Waals surface area contributed by atoms with E-state index in [2.05, 4.69) is 64.9 Å². The van der Waals surface area contributed by atoms with E-state index in [9.17, 15) is 0 Å². The van der Waals surface area contributed by atoms with Crippen molar-refractivity contribution in [3.8, 4) is 0 Å². The number of nitrogen functional groups attached to an aromatic ring is 1. The molecule has 3 rings (SSSR count). The van der Waals surface area contributed by atoms with Gasteiger partial charge in [-0.1, -0.05) is 26.0 Å². The quantitative estimate of drug-likeness (QED) is 0.918. The van der Waals surface area contributed by atoms with Crippen molar-refractivity contribution < 1.29 is 0 Å². The van der Waals surface area contributed by atoms with Gasteiger partial charge in [0.05, 0.1) is 11.4 Å². The van der Waals surface area contributed by atoms with Gasteiger partial charge in [0.1, 0.15) is 18.0 Å². The number of hydrogen-bond acceptors (Lipinski definition) is 5. The Morgan fingerprint density at radius 2 is 1.81 bits per heavy atom.